The highest BCUT2D eigenvalue weighted by molar-refractivity contribution is 7.89. The predicted octanol–water partition coefficient (Wildman–Crippen LogP) is 2.89. The summed E-state index contributed by atoms with van der Waals surface area (Å²) in [5, 5.41) is 4.46. The second kappa shape index (κ2) is 7.99. The molecule has 0 spiro atoms. The normalized spacial score (nSPS) is 15.4. The monoisotopic (exact) mass is 391 g/mol. The summed E-state index contributed by atoms with van der Waals surface area (Å²) in [6.45, 7) is 1.09. The molecule has 0 saturated carbocycles. The minimum Gasteiger partial charge on any atom is -0.267 e. The summed E-state index contributed by atoms with van der Waals surface area (Å²) >= 11 is 5.88. The Bertz CT molecular complexity index is 921. The molecule has 0 unspecified atom stereocenters. The molecule has 136 valence electrons. The quantitative estimate of drug-likeness (QED) is 0.628. The number of hydrazone groups is 1. The number of nitrogens with zero attached hydrogens (tertiary/aromatic N) is 2. The van der Waals surface area contributed by atoms with Crippen LogP contribution in [0.1, 0.15) is 28.8 Å². The van der Waals surface area contributed by atoms with Crippen LogP contribution in [0.5, 0.6) is 0 Å². The van der Waals surface area contributed by atoms with E-state index < -0.39 is 15.9 Å². The Kier molecular flexibility index (Phi) is 5.70. The van der Waals surface area contributed by atoms with Crippen molar-refractivity contribution in [1.82, 2.24) is 9.73 Å². The van der Waals surface area contributed by atoms with Crippen LogP contribution in [0.4, 0.5) is 0 Å². The van der Waals surface area contributed by atoms with Crippen LogP contribution >= 0.6 is 11.6 Å². The summed E-state index contributed by atoms with van der Waals surface area (Å²) < 4.78 is 26.4. The van der Waals surface area contributed by atoms with E-state index in [1.807, 2.05) is 0 Å². The molecule has 1 aliphatic rings. The summed E-state index contributed by atoms with van der Waals surface area (Å²) in [6.07, 6.45) is 3.24. The molecule has 0 bridgehead atoms. The van der Waals surface area contributed by atoms with Gasteiger partial charge in [-0.05, 0) is 54.8 Å². The topological polar surface area (TPSA) is 78.8 Å². The van der Waals surface area contributed by atoms with E-state index in [9.17, 15) is 13.2 Å². The summed E-state index contributed by atoms with van der Waals surface area (Å²) in [4.78, 5) is 12.3. The van der Waals surface area contributed by atoms with Gasteiger partial charge < -0.3 is 0 Å². The van der Waals surface area contributed by atoms with Crippen molar-refractivity contribution < 1.29 is 13.2 Å². The SMILES string of the molecule is O=C(N/N=C\c1cccc(Cl)c1)c1ccc(S(=O)(=O)N2CCCC2)cc1. The Morgan fingerprint density at radius 3 is 2.46 bits per heavy atom. The van der Waals surface area contributed by atoms with Crippen molar-refractivity contribution in [2.75, 3.05) is 13.1 Å². The maximum atomic E-state index is 12.5. The highest BCUT2D eigenvalue weighted by Gasteiger charge is 2.27. The zero-order valence-electron chi connectivity index (χ0n) is 13.9. The van der Waals surface area contributed by atoms with Gasteiger partial charge in [0.2, 0.25) is 10.0 Å². The number of halogens is 1. The van der Waals surface area contributed by atoms with Crippen molar-refractivity contribution in [3.8, 4) is 0 Å². The van der Waals surface area contributed by atoms with Crippen LogP contribution in [0.25, 0.3) is 0 Å². The molecule has 8 heteroatoms. The second-order valence-electron chi connectivity index (χ2n) is 5.89. The van der Waals surface area contributed by atoms with Crippen molar-refractivity contribution in [2.45, 2.75) is 17.7 Å². The fraction of sp³-hybridized carbons (Fsp3) is 0.222. The Balaban J connectivity index is 1.65. The van der Waals surface area contributed by atoms with Gasteiger partial charge in [0.05, 0.1) is 11.1 Å². The molecule has 1 aliphatic heterocycles. The highest BCUT2D eigenvalue weighted by atomic mass is 35.5. The average molecular weight is 392 g/mol. The lowest BCUT2D eigenvalue weighted by molar-refractivity contribution is 0.0955. The van der Waals surface area contributed by atoms with Gasteiger partial charge in [0.25, 0.3) is 5.91 Å². The van der Waals surface area contributed by atoms with Crippen LogP contribution < -0.4 is 5.43 Å². The van der Waals surface area contributed by atoms with Crippen LogP contribution in [0.15, 0.2) is 58.5 Å². The van der Waals surface area contributed by atoms with Gasteiger partial charge in [-0.1, -0.05) is 23.7 Å². The van der Waals surface area contributed by atoms with E-state index in [-0.39, 0.29) is 4.90 Å². The number of nitrogens with one attached hydrogen (secondary N) is 1. The first-order chi connectivity index (χ1) is 12.5. The van der Waals surface area contributed by atoms with E-state index in [0.29, 0.717) is 23.7 Å². The lowest BCUT2D eigenvalue weighted by Gasteiger charge is -2.15. The zero-order chi connectivity index (χ0) is 18.6. The third kappa shape index (κ3) is 4.30. The van der Waals surface area contributed by atoms with Gasteiger partial charge in [0, 0.05) is 23.7 Å². The molecule has 2 aromatic carbocycles. The maximum Gasteiger partial charge on any atom is 0.271 e. The molecule has 1 saturated heterocycles. The zero-order valence-corrected chi connectivity index (χ0v) is 15.5. The molecule has 1 N–H and O–H groups in total. The molecule has 1 fully saturated rings. The van der Waals surface area contributed by atoms with E-state index in [4.69, 9.17) is 11.6 Å². The Labute approximate surface area is 157 Å². The van der Waals surface area contributed by atoms with Gasteiger partial charge in [0.1, 0.15) is 0 Å². The number of carbonyl (C=O) groups is 1. The van der Waals surface area contributed by atoms with Gasteiger partial charge in [-0.3, -0.25) is 4.79 Å². The van der Waals surface area contributed by atoms with Gasteiger partial charge in [-0.15, -0.1) is 0 Å². The lowest BCUT2D eigenvalue weighted by atomic mass is 10.2. The average Bonchev–Trinajstić information content (AvgIpc) is 3.17. The third-order valence-corrected chi connectivity index (χ3v) is 6.20. The van der Waals surface area contributed by atoms with Crippen LogP contribution in [0.3, 0.4) is 0 Å². The summed E-state index contributed by atoms with van der Waals surface area (Å²) in [7, 11) is -3.48. The number of carbonyl (C=O) groups excluding carboxylic acids is 1. The first-order valence-electron chi connectivity index (χ1n) is 8.16. The molecule has 0 aromatic heterocycles. The van der Waals surface area contributed by atoms with E-state index in [1.165, 1.54) is 34.8 Å². The van der Waals surface area contributed by atoms with Crippen molar-refractivity contribution >= 4 is 33.7 Å². The second-order valence-corrected chi connectivity index (χ2v) is 8.26. The maximum absolute atomic E-state index is 12.5. The van der Waals surface area contributed by atoms with Gasteiger partial charge in [0.15, 0.2) is 0 Å². The molecule has 0 radical (unpaired) electrons. The molecule has 1 heterocycles. The van der Waals surface area contributed by atoms with E-state index in [1.54, 1.807) is 24.3 Å². The number of amides is 1. The number of hydrogen-bond donors (Lipinski definition) is 1. The van der Waals surface area contributed by atoms with E-state index in [0.717, 1.165) is 18.4 Å². The molecule has 1 amide bonds. The minimum absolute atomic E-state index is 0.193. The van der Waals surface area contributed by atoms with Gasteiger partial charge >= 0.3 is 0 Å². The molecular weight excluding hydrogens is 374 g/mol. The largest absolute Gasteiger partial charge is 0.271 e. The van der Waals surface area contributed by atoms with Crippen LogP contribution in [0, 0.1) is 0 Å². The van der Waals surface area contributed by atoms with Crippen molar-refractivity contribution in [3.05, 3.63) is 64.7 Å². The fourth-order valence-corrected chi connectivity index (χ4v) is 4.39. The number of rotatable bonds is 5. The fourth-order valence-electron chi connectivity index (χ4n) is 2.67. The van der Waals surface area contributed by atoms with Gasteiger partial charge in [-0.25, -0.2) is 13.8 Å². The first-order valence-corrected chi connectivity index (χ1v) is 9.98. The third-order valence-electron chi connectivity index (χ3n) is 4.05. The molecule has 3 rings (SSSR count). The van der Waals surface area contributed by atoms with Crippen molar-refractivity contribution in [3.63, 3.8) is 0 Å². The number of sulfonamides is 1. The smallest absolute Gasteiger partial charge is 0.267 e. The molecule has 26 heavy (non-hydrogen) atoms. The molecule has 0 atom stereocenters. The van der Waals surface area contributed by atoms with Gasteiger partial charge in [-0.2, -0.15) is 9.41 Å². The van der Waals surface area contributed by atoms with Crippen LogP contribution in [-0.4, -0.2) is 37.9 Å². The molecule has 2 aromatic rings. The Morgan fingerprint density at radius 1 is 1.12 bits per heavy atom. The highest BCUT2D eigenvalue weighted by Crippen LogP contribution is 2.21. The summed E-state index contributed by atoms with van der Waals surface area (Å²) in [6, 6.07) is 12.9. The summed E-state index contributed by atoms with van der Waals surface area (Å²) in [5.74, 6) is -0.423. The lowest BCUT2D eigenvalue weighted by Crippen LogP contribution is -2.28. The summed E-state index contributed by atoms with van der Waals surface area (Å²) in [5.41, 5.74) is 3.49. The number of benzene rings is 2. The predicted molar refractivity (Wildman–Crippen MR) is 101 cm³/mol. The first kappa shape index (κ1) is 18.6. The van der Waals surface area contributed by atoms with Crippen molar-refractivity contribution in [1.29, 1.82) is 0 Å². The molecular formula is C18H18ClN3O3S. The van der Waals surface area contributed by atoms with E-state index in [2.05, 4.69) is 10.5 Å². The van der Waals surface area contributed by atoms with Crippen LogP contribution in [-0.2, 0) is 10.0 Å². The minimum atomic E-state index is -3.48. The molecule has 0 aliphatic carbocycles. The number of hydrogen-bond acceptors (Lipinski definition) is 4. The Morgan fingerprint density at radius 2 is 1.81 bits per heavy atom. The standard InChI is InChI=1S/C18H18ClN3O3S/c19-16-5-3-4-14(12-16)13-20-21-18(23)15-6-8-17(9-7-15)26(24,25)22-10-1-2-11-22/h3-9,12-13H,1-2,10-11H2,(H,21,23)/b20-13-. The Hall–Kier alpha value is -2.22. The van der Waals surface area contributed by atoms with Crippen LogP contribution in [0.2, 0.25) is 5.02 Å². The van der Waals surface area contributed by atoms with E-state index >= 15 is 0 Å². The van der Waals surface area contributed by atoms with Crippen molar-refractivity contribution in [2.24, 2.45) is 5.10 Å². The molecule has 6 nitrogen and oxygen atoms in total.